The maximum Gasteiger partial charge on any atom is 0.414 e. The number of tetrazole rings is 1. The van der Waals surface area contributed by atoms with Crippen LogP contribution >= 0.6 is 0 Å². The molecule has 2 aliphatic heterocycles. The molecule has 1 unspecified atom stereocenters. The van der Waals surface area contributed by atoms with Gasteiger partial charge in [-0.25, -0.2) is 13.9 Å². The van der Waals surface area contributed by atoms with E-state index in [1.807, 2.05) is 4.90 Å². The van der Waals surface area contributed by atoms with E-state index >= 15 is 0 Å². The van der Waals surface area contributed by atoms with Crippen LogP contribution < -0.4 is 9.80 Å². The van der Waals surface area contributed by atoms with Crippen molar-refractivity contribution in [2.75, 3.05) is 23.0 Å². The van der Waals surface area contributed by atoms with Crippen molar-refractivity contribution in [1.29, 1.82) is 0 Å². The second kappa shape index (κ2) is 6.51. The van der Waals surface area contributed by atoms with Crippen molar-refractivity contribution in [3.63, 3.8) is 0 Å². The van der Waals surface area contributed by atoms with Crippen molar-refractivity contribution in [1.82, 2.24) is 30.0 Å². The number of aryl methyl sites for hydroxylation is 1. The van der Waals surface area contributed by atoms with E-state index in [0.29, 0.717) is 24.7 Å². The average molecular weight is 400 g/mol. The summed E-state index contributed by atoms with van der Waals surface area (Å²) in [5.41, 5.74) is 2.43. The zero-order valence-electron chi connectivity index (χ0n) is 15.4. The van der Waals surface area contributed by atoms with Crippen LogP contribution in [0.2, 0.25) is 0 Å². The van der Waals surface area contributed by atoms with Gasteiger partial charge < -0.3 is 14.7 Å². The Hall–Kier alpha value is -3.54. The minimum atomic E-state index is -0.611. The molecule has 1 aromatic carbocycles. The standard InChI is InChI=1S/C17H17FN8O3/c1-23-21-16(20-22-23)24-6-10-5-19-26(15(10)8-24)14-3-2-11(4-13(14)18)25-7-12(9-27)29-17(25)28/h2-5,12,27H,6-9H2,1H3. The molecule has 2 aromatic heterocycles. The number of hydrogen-bond acceptors (Lipinski definition) is 8. The maximum absolute atomic E-state index is 14.9. The molecular weight excluding hydrogens is 383 g/mol. The second-order valence-corrected chi connectivity index (χ2v) is 6.90. The number of halogens is 1. The maximum atomic E-state index is 14.9. The largest absolute Gasteiger partial charge is 0.441 e. The molecule has 1 amide bonds. The highest BCUT2D eigenvalue weighted by Crippen LogP contribution is 2.30. The Morgan fingerprint density at radius 3 is 2.90 bits per heavy atom. The Morgan fingerprint density at radius 1 is 1.34 bits per heavy atom. The fourth-order valence-corrected chi connectivity index (χ4v) is 3.56. The van der Waals surface area contributed by atoms with E-state index in [4.69, 9.17) is 9.84 Å². The van der Waals surface area contributed by atoms with Crippen molar-refractivity contribution in [3.05, 3.63) is 41.5 Å². The first-order valence-corrected chi connectivity index (χ1v) is 8.97. The molecule has 12 heteroatoms. The van der Waals surface area contributed by atoms with Crippen LogP contribution in [0.25, 0.3) is 5.69 Å². The first-order valence-electron chi connectivity index (χ1n) is 8.97. The number of carbonyl (C=O) groups is 1. The van der Waals surface area contributed by atoms with Crippen LogP contribution in [0.5, 0.6) is 0 Å². The van der Waals surface area contributed by atoms with Gasteiger partial charge in [0.15, 0.2) is 5.82 Å². The molecule has 150 valence electrons. The van der Waals surface area contributed by atoms with Gasteiger partial charge in [0.25, 0.3) is 5.95 Å². The number of ether oxygens (including phenoxy) is 1. The molecule has 5 rings (SSSR count). The SMILES string of the molecule is Cn1nnc(N2Cc3cnn(-c4ccc(N5CC(CO)OC5=O)cc4F)c3C2)n1. The number of cyclic esters (lactones) is 1. The Balaban J connectivity index is 1.42. The predicted octanol–water partition coefficient (Wildman–Crippen LogP) is 0.373. The first kappa shape index (κ1) is 17.6. The highest BCUT2D eigenvalue weighted by molar-refractivity contribution is 5.89. The van der Waals surface area contributed by atoms with Crippen LogP contribution in [-0.4, -0.2) is 60.4 Å². The van der Waals surface area contributed by atoms with Crippen molar-refractivity contribution in [3.8, 4) is 5.69 Å². The number of fused-ring (bicyclic) bond motifs is 1. The van der Waals surface area contributed by atoms with E-state index < -0.39 is 18.0 Å². The molecule has 1 atom stereocenters. The Kier molecular flexibility index (Phi) is 3.94. The lowest BCUT2D eigenvalue weighted by Gasteiger charge is -2.15. The summed E-state index contributed by atoms with van der Waals surface area (Å²) in [6, 6.07) is 4.46. The number of aromatic nitrogens is 6. The second-order valence-electron chi connectivity index (χ2n) is 6.90. The number of amides is 1. The Morgan fingerprint density at radius 2 is 2.21 bits per heavy atom. The van der Waals surface area contributed by atoms with E-state index in [9.17, 15) is 9.18 Å². The molecule has 2 aliphatic rings. The fourth-order valence-electron chi connectivity index (χ4n) is 3.56. The lowest BCUT2D eigenvalue weighted by atomic mass is 10.2. The predicted molar refractivity (Wildman–Crippen MR) is 96.9 cm³/mol. The third-order valence-corrected chi connectivity index (χ3v) is 4.99. The molecule has 0 spiro atoms. The van der Waals surface area contributed by atoms with Crippen molar-refractivity contribution < 1.29 is 19.0 Å². The summed E-state index contributed by atoms with van der Waals surface area (Å²) in [5, 5.41) is 25.5. The van der Waals surface area contributed by atoms with Gasteiger partial charge in [-0.15, -0.1) is 5.10 Å². The molecule has 0 saturated carbocycles. The third kappa shape index (κ3) is 2.88. The molecule has 11 nitrogen and oxygen atoms in total. The van der Waals surface area contributed by atoms with Gasteiger partial charge in [0, 0.05) is 12.1 Å². The summed E-state index contributed by atoms with van der Waals surface area (Å²) in [5.74, 6) is -0.0261. The lowest BCUT2D eigenvalue weighted by molar-refractivity contribution is 0.0963. The summed E-state index contributed by atoms with van der Waals surface area (Å²) in [7, 11) is 1.69. The van der Waals surface area contributed by atoms with Crippen LogP contribution in [0.3, 0.4) is 0 Å². The molecule has 0 radical (unpaired) electrons. The topological polar surface area (TPSA) is 114 Å². The summed E-state index contributed by atoms with van der Waals surface area (Å²) in [6.45, 7) is 0.923. The monoisotopic (exact) mass is 400 g/mol. The molecule has 4 heterocycles. The zero-order valence-corrected chi connectivity index (χ0v) is 15.4. The number of nitrogens with zero attached hydrogens (tertiary/aromatic N) is 8. The molecule has 1 N–H and O–H groups in total. The van der Waals surface area contributed by atoms with Gasteiger partial charge in [0.05, 0.1) is 44.3 Å². The van der Waals surface area contributed by atoms with Crippen LogP contribution in [0.4, 0.5) is 20.8 Å². The summed E-state index contributed by atoms with van der Waals surface area (Å²) in [4.78, 5) is 16.5. The van der Waals surface area contributed by atoms with E-state index in [-0.39, 0.29) is 18.8 Å². The smallest absolute Gasteiger partial charge is 0.414 e. The number of aliphatic hydroxyl groups excluding tert-OH is 1. The highest BCUT2D eigenvalue weighted by atomic mass is 19.1. The van der Waals surface area contributed by atoms with E-state index in [2.05, 4.69) is 20.5 Å². The summed E-state index contributed by atoms with van der Waals surface area (Å²) < 4.78 is 21.5. The third-order valence-electron chi connectivity index (χ3n) is 4.99. The number of aliphatic hydroxyl groups is 1. The Labute approximate surface area is 163 Å². The molecule has 1 fully saturated rings. The van der Waals surface area contributed by atoms with Crippen molar-refractivity contribution >= 4 is 17.7 Å². The van der Waals surface area contributed by atoms with Gasteiger partial charge in [-0.2, -0.15) is 9.90 Å². The van der Waals surface area contributed by atoms with E-state index in [1.165, 1.54) is 15.8 Å². The molecule has 3 aromatic rings. The average Bonchev–Trinajstić information content (AvgIpc) is 3.45. The van der Waals surface area contributed by atoms with E-state index in [0.717, 1.165) is 11.3 Å². The first-order chi connectivity index (χ1) is 14.0. The minimum absolute atomic E-state index is 0.172. The van der Waals surface area contributed by atoms with Gasteiger partial charge in [0.1, 0.15) is 11.8 Å². The normalized spacial score (nSPS) is 18.4. The van der Waals surface area contributed by atoms with Gasteiger partial charge in [-0.1, -0.05) is 5.10 Å². The summed E-state index contributed by atoms with van der Waals surface area (Å²) in [6.07, 6.45) is 0.478. The zero-order chi connectivity index (χ0) is 20.1. The molecule has 1 saturated heterocycles. The van der Waals surface area contributed by atoms with Crippen molar-refractivity contribution in [2.24, 2.45) is 7.05 Å². The van der Waals surface area contributed by atoms with Crippen LogP contribution in [0.15, 0.2) is 24.4 Å². The van der Waals surface area contributed by atoms with Crippen LogP contribution in [-0.2, 0) is 24.9 Å². The highest BCUT2D eigenvalue weighted by Gasteiger charge is 2.33. The quantitative estimate of drug-likeness (QED) is 0.668. The Bertz CT molecular complexity index is 1100. The van der Waals surface area contributed by atoms with E-state index in [1.54, 1.807) is 30.1 Å². The molecular formula is C17H17FN8O3. The van der Waals surface area contributed by atoms with Gasteiger partial charge in [0.2, 0.25) is 0 Å². The van der Waals surface area contributed by atoms with Crippen molar-refractivity contribution in [2.45, 2.75) is 19.2 Å². The number of rotatable bonds is 4. The number of anilines is 2. The molecule has 0 aliphatic carbocycles. The minimum Gasteiger partial charge on any atom is -0.441 e. The van der Waals surface area contributed by atoms with Gasteiger partial charge in [-0.3, -0.25) is 4.90 Å². The molecule has 0 bridgehead atoms. The number of carbonyl (C=O) groups excluding carboxylic acids is 1. The number of benzene rings is 1. The van der Waals surface area contributed by atoms with Crippen LogP contribution in [0.1, 0.15) is 11.3 Å². The number of hydrogen-bond donors (Lipinski definition) is 1. The van der Waals surface area contributed by atoms with Gasteiger partial charge >= 0.3 is 6.09 Å². The van der Waals surface area contributed by atoms with Gasteiger partial charge in [-0.05, 0) is 23.4 Å². The molecule has 29 heavy (non-hydrogen) atoms. The fraction of sp³-hybridized carbons (Fsp3) is 0.353. The lowest BCUT2D eigenvalue weighted by Crippen LogP contribution is -2.25. The van der Waals surface area contributed by atoms with Crippen LogP contribution in [0, 0.1) is 5.82 Å². The summed E-state index contributed by atoms with van der Waals surface area (Å²) >= 11 is 0.